The van der Waals surface area contributed by atoms with Gasteiger partial charge in [-0.05, 0) is 31.0 Å². The molecule has 1 aliphatic heterocycles. The van der Waals surface area contributed by atoms with E-state index in [2.05, 4.69) is 5.32 Å². The summed E-state index contributed by atoms with van der Waals surface area (Å²) in [6.45, 7) is 0.745. The molecular formula is C12H13ClFNO2. The van der Waals surface area contributed by atoms with E-state index >= 15 is 0 Å². The smallest absolute Gasteiger partial charge is 0.249 e. The summed E-state index contributed by atoms with van der Waals surface area (Å²) in [5.41, 5.74) is 0.379. The molecule has 5 heteroatoms. The van der Waals surface area contributed by atoms with Crippen LogP contribution >= 0.6 is 11.6 Å². The second kappa shape index (κ2) is 5.47. The Morgan fingerprint density at radius 2 is 2.41 bits per heavy atom. The molecule has 1 fully saturated rings. The lowest BCUT2D eigenvalue weighted by atomic mass is 10.2. The van der Waals surface area contributed by atoms with Gasteiger partial charge in [0, 0.05) is 23.7 Å². The maximum absolute atomic E-state index is 13.4. The first-order valence-corrected chi connectivity index (χ1v) is 5.88. The van der Waals surface area contributed by atoms with Crippen LogP contribution in [0.3, 0.4) is 0 Å². The Morgan fingerprint density at radius 1 is 1.59 bits per heavy atom. The van der Waals surface area contributed by atoms with Crippen molar-refractivity contribution in [1.82, 2.24) is 5.32 Å². The predicted octanol–water partition coefficient (Wildman–Crippen LogP) is 2.27. The fraction of sp³-hybridized carbons (Fsp3) is 0.417. The molecule has 3 nitrogen and oxygen atoms in total. The van der Waals surface area contributed by atoms with Crippen molar-refractivity contribution in [2.45, 2.75) is 25.5 Å². The molecule has 17 heavy (non-hydrogen) atoms. The molecule has 1 saturated heterocycles. The third kappa shape index (κ3) is 3.17. The van der Waals surface area contributed by atoms with E-state index in [4.69, 9.17) is 16.3 Å². The molecule has 2 rings (SSSR count). The van der Waals surface area contributed by atoms with E-state index < -0.39 is 6.10 Å². The number of halogens is 2. The van der Waals surface area contributed by atoms with Crippen LogP contribution in [0.2, 0.25) is 5.02 Å². The second-order valence-corrected chi connectivity index (χ2v) is 4.39. The minimum atomic E-state index is -0.391. The van der Waals surface area contributed by atoms with E-state index in [0.717, 1.165) is 12.8 Å². The average molecular weight is 258 g/mol. The molecule has 1 aromatic rings. The number of nitrogens with one attached hydrogen (secondary N) is 1. The zero-order valence-corrected chi connectivity index (χ0v) is 9.97. The van der Waals surface area contributed by atoms with Crippen molar-refractivity contribution >= 4 is 17.5 Å². The number of hydrogen-bond donors (Lipinski definition) is 1. The molecular weight excluding hydrogens is 245 g/mol. The van der Waals surface area contributed by atoms with Crippen LogP contribution in [0.1, 0.15) is 18.4 Å². The zero-order valence-electron chi connectivity index (χ0n) is 9.21. The third-order valence-electron chi connectivity index (χ3n) is 2.68. The predicted molar refractivity (Wildman–Crippen MR) is 62.2 cm³/mol. The highest BCUT2D eigenvalue weighted by Crippen LogP contribution is 2.15. The van der Waals surface area contributed by atoms with Crippen molar-refractivity contribution in [1.29, 1.82) is 0 Å². The van der Waals surface area contributed by atoms with Crippen molar-refractivity contribution in [3.8, 4) is 0 Å². The molecule has 0 aromatic heterocycles. The fourth-order valence-electron chi connectivity index (χ4n) is 1.76. The summed E-state index contributed by atoms with van der Waals surface area (Å²) in [4.78, 5) is 11.6. The van der Waals surface area contributed by atoms with Crippen molar-refractivity contribution < 1.29 is 13.9 Å². The van der Waals surface area contributed by atoms with Gasteiger partial charge in [0.05, 0.1) is 0 Å². The molecule has 92 valence electrons. The zero-order chi connectivity index (χ0) is 12.3. The van der Waals surface area contributed by atoms with Gasteiger partial charge in [-0.15, -0.1) is 0 Å². The van der Waals surface area contributed by atoms with Crippen LogP contribution in [-0.4, -0.2) is 18.6 Å². The summed E-state index contributed by atoms with van der Waals surface area (Å²) in [5.74, 6) is -0.566. The van der Waals surface area contributed by atoms with Crippen molar-refractivity contribution in [3.05, 3.63) is 34.6 Å². The number of rotatable bonds is 3. The molecule has 0 saturated carbocycles. The van der Waals surface area contributed by atoms with Gasteiger partial charge in [-0.3, -0.25) is 4.79 Å². The van der Waals surface area contributed by atoms with Crippen molar-refractivity contribution in [2.24, 2.45) is 0 Å². The van der Waals surface area contributed by atoms with E-state index in [1.807, 2.05) is 0 Å². The Labute approximate surface area is 104 Å². The lowest BCUT2D eigenvalue weighted by Gasteiger charge is -2.11. The maximum Gasteiger partial charge on any atom is 0.249 e. The minimum absolute atomic E-state index is 0.130. The lowest BCUT2D eigenvalue weighted by molar-refractivity contribution is -0.130. The van der Waals surface area contributed by atoms with Gasteiger partial charge in [0.25, 0.3) is 0 Å². The number of amides is 1. The Balaban J connectivity index is 1.92. The number of carbonyl (C=O) groups excluding carboxylic acids is 1. The van der Waals surface area contributed by atoms with E-state index in [9.17, 15) is 9.18 Å². The summed E-state index contributed by atoms with van der Waals surface area (Å²) in [7, 11) is 0. The Kier molecular flexibility index (Phi) is 3.97. The van der Waals surface area contributed by atoms with Gasteiger partial charge in [0.15, 0.2) is 0 Å². The van der Waals surface area contributed by atoms with Crippen LogP contribution in [0.5, 0.6) is 0 Å². The third-order valence-corrected chi connectivity index (χ3v) is 2.92. The quantitative estimate of drug-likeness (QED) is 0.902. The monoisotopic (exact) mass is 257 g/mol. The lowest BCUT2D eigenvalue weighted by Crippen LogP contribution is -2.33. The topological polar surface area (TPSA) is 38.3 Å². The molecule has 0 spiro atoms. The van der Waals surface area contributed by atoms with Crippen LogP contribution in [0.4, 0.5) is 4.39 Å². The normalized spacial score (nSPS) is 19.3. The van der Waals surface area contributed by atoms with E-state index in [0.29, 0.717) is 17.2 Å². The molecule has 1 aliphatic rings. The van der Waals surface area contributed by atoms with E-state index in [1.165, 1.54) is 18.2 Å². The summed E-state index contributed by atoms with van der Waals surface area (Å²) < 4.78 is 18.6. The maximum atomic E-state index is 13.4. The SMILES string of the molecule is O=C(NCc1cc(Cl)ccc1F)C1CCCO1. The van der Waals surface area contributed by atoms with Gasteiger partial charge in [-0.2, -0.15) is 0 Å². The van der Waals surface area contributed by atoms with Crippen molar-refractivity contribution in [2.75, 3.05) is 6.61 Å². The number of ether oxygens (including phenoxy) is 1. The standard InChI is InChI=1S/C12H13ClFNO2/c13-9-3-4-10(14)8(6-9)7-15-12(16)11-2-1-5-17-11/h3-4,6,11H,1-2,5,7H2,(H,15,16). The van der Waals surface area contributed by atoms with Crippen LogP contribution in [0, 0.1) is 5.82 Å². The first-order valence-electron chi connectivity index (χ1n) is 5.50. The van der Waals surface area contributed by atoms with Crippen LogP contribution in [0.15, 0.2) is 18.2 Å². The summed E-state index contributed by atoms with van der Waals surface area (Å²) in [6.07, 6.45) is 1.23. The highest BCUT2D eigenvalue weighted by atomic mass is 35.5. The van der Waals surface area contributed by atoms with Crippen LogP contribution in [0.25, 0.3) is 0 Å². The molecule has 1 N–H and O–H groups in total. The van der Waals surface area contributed by atoms with E-state index in [1.54, 1.807) is 0 Å². The molecule has 0 bridgehead atoms. The number of benzene rings is 1. The largest absolute Gasteiger partial charge is 0.368 e. The Morgan fingerprint density at radius 3 is 3.12 bits per heavy atom. The average Bonchev–Trinajstić information content (AvgIpc) is 2.83. The molecule has 1 unspecified atom stereocenters. The molecule has 1 atom stereocenters. The minimum Gasteiger partial charge on any atom is -0.368 e. The van der Waals surface area contributed by atoms with Gasteiger partial charge in [-0.1, -0.05) is 11.6 Å². The second-order valence-electron chi connectivity index (χ2n) is 3.96. The highest BCUT2D eigenvalue weighted by molar-refractivity contribution is 6.30. The van der Waals surface area contributed by atoms with Gasteiger partial charge >= 0.3 is 0 Å². The van der Waals surface area contributed by atoms with Gasteiger partial charge in [0.1, 0.15) is 11.9 Å². The molecule has 0 radical (unpaired) electrons. The number of carbonyl (C=O) groups is 1. The van der Waals surface area contributed by atoms with Crippen LogP contribution < -0.4 is 5.32 Å². The fourth-order valence-corrected chi connectivity index (χ4v) is 1.95. The Hall–Kier alpha value is -1.13. The molecule has 1 heterocycles. The summed E-state index contributed by atoms with van der Waals surface area (Å²) >= 11 is 5.76. The summed E-state index contributed by atoms with van der Waals surface area (Å²) in [6, 6.07) is 4.27. The van der Waals surface area contributed by atoms with Crippen LogP contribution in [-0.2, 0) is 16.1 Å². The number of hydrogen-bond acceptors (Lipinski definition) is 2. The Bertz CT molecular complexity index is 419. The molecule has 1 amide bonds. The molecule has 1 aromatic carbocycles. The van der Waals surface area contributed by atoms with Gasteiger partial charge in [-0.25, -0.2) is 4.39 Å². The first-order chi connectivity index (χ1) is 8.16. The summed E-state index contributed by atoms with van der Waals surface area (Å²) in [5, 5.41) is 3.10. The van der Waals surface area contributed by atoms with Gasteiger partial charge in [0.2, 0.25) is 5.91 Å². The van der Waals surface area contributed by atoms with E-state index in [-0.39, 0.29) is 18.3 Å². The first kappa shape index (κ1) is 12.3. The molecule has 0 aliphatic carbocycles. The highest BCUT2D eigenvalue weighted by Gasteiger charge is 2.23. The van der Waals surface area contributed by atoms with Gasteiger partial charge < -0.3 is 10.1 Å². The van der Waals surface area contributed by atoms with Crippen molar-refractivity contribution in [3.63, 3.8) is 0 Å².